The Bertz CT molecular complexity index is 525. The van der Waals surface area contributed by atoms with E-state index >= 15 is 0 Å². The molecule has 0 aliphatic heterocycles. The van der Waals surface area contributed by atoms with Crippen LogP contribution in [0.2, 0.25) is 0 Å². The first-order valence-corrected chi connectivity index (χ1v) is 5.40. The summed E-state index contributed by atoms with van der Waals surface area (Å²) in [7, 11) is 0. The van der Waals surface area contributed by atoms with E-state index in [1.165, 1.54) is 18.6 Å². The zero-order valence-electron chi connectivity index (χ0n) is 8.43. The number of nitrogens with zero attached hydrogens (tertiary/aromatic N) is 2. The molecule has 6 heteroatoms. The van der Waals surface area contributed by atoms with E-state index in [1.807, 2.05) is 0 Å². The number of carbonyl (C=O) groups excluding carboxylic acids is 1. The Labute approximate surface area is 99.9 Å². The Kier molecular flexibility index (Phi) is 3.43. The molecule has 0 bridgehead atoms. The first-order valence-electron chi connectivity index (χ1n) is 4.59. The van der Waals surface area contributed by atoms with Gasteiger partial charge < -0.3 is 0 Å². The summed E-state index contributed by atoms with van der Waals surface area (Å²) in [6, 6.07) is 1.96. The predicted molar refractivity (Wildman–Crippen MR) is 57.9 cm³/mol. The molecule has 86 valence electrons. The van der Waals surface area contributed by atoms with Gasteiger partial charge in [0.2, 0.25) is 0 Å². The van der Waals surface area contributed by atoms with Crippen LogP contribution < -0.4 is 0 Å². The highest BCUT2D eigenvalue weighted by atomic mass is 32.2. The van der Waals surface area contributed by atoms with E-state index in [1.54, 1.807) is 0 Å². The van der Waals surface area contributed by atoms with Crippen LogP contribution in [0.4, 0.5) is 8.78 Å². The number of rotatable bonds is 3. The molecule has 1 aromatic carbocycles. The molecule has 0 amide bonds. The summed E-state index contributed by atoms with van der Waals surface area (Å²) in [5, 5.41) is 0.379. The van der Waals surface area contributed by atoms with Gasteiger partial charge in [-0.25, -0.2) is 13.8 Å². The van der Waals surface area contributed by atoms with Crippen molar-refractivity contribution in [3.63, 3.8) is 0 Å². The van der Waals surface area contributed by atoms with Crippen LogP contribution in [0.5, 0.6) is 0 Å². The van der Waals surface area contributed by atoms with Crippen molar-refractivity contribution in [1.29, 1.82) is 0 Å². The van der Waals surface area contributed by atoms with Gasteiger partial charge in [-0.3, -0.25) is 9.78 Å². The summed E-state index contributed by atoms with van der Waals surface area (Å²) in [5.74, 6) is -1.58. The van der Waals surface area contributed by atoms with Crippen LogP contribution in [-0.4, -0.2) is 16.3 Å². The molecule has 0 spiro atoms. The van der Waals surface area contributed by atoms with Crippen molar-refractivity contribution >= 4 is 18.0 Å². The third-order valence-corrected chi connectivity index (χ3v) is 2.92. The molecule has 17 heavy (non-hydrogen) atoms. The Morgan fingerprint density at radius 2 is 1.88 bits per heavy atom. The lowest BCUT2D eigenvalue weighted by molar-refractivity contribution is 0.112. The van der Waals surface area contributed by atoms with Gasteiger partial charge >= 0.3 is 0 Å². The van der Waals surface area contributed by atoms with Gasteiger partial charge in [0.15, 0.2) is 0 Å². The van der Waals surface area contributed by atoms with Crippen LogP contribution in [0.15, 0.2) is 40.6 Å². The molecule has 1 aromatic heterocycles. The quantitative estimate of drug-likeness (QED) is 0.788. The fourth-order valence-electron chi connectivity index (χ4n) is 1.19. The second-order valence-corrected chi connectivity index (χ2v) is 4.11. The summed E-state index contributed by atoms with van der Waals surface area (Å²) in [5.41, 5.74) is -0.0384. The van der Waals surface area contributed by atoms with E-state index in [0.29, 0.717) is 11.3 Å². The molecule has 0 N–H and O–H groups in total. The van der Waals surface area contributed by atoms with Crippen molar-refractivity contribution in [2.24, 2.45) is 0 Å². The summed E-state index contributed by atoms with van der Waals surface area (Å²) < 4.78 is 27.0. The molecule has 2 aromatic rings. The molecule has 0 saturated heterocycles. The average molecular weight is 252 g/mol. The van der Waals surface area contributed by atoms with Crippen LogP contribution in [0.3, 0.4) is 0 Å². The van der Waals surface area contributed by atoms with Gasteiger partial charge in [0.1, 0.15) is 22.9 Å². The zero-order valence-corrected chi connectivity index (χ0v) is 9.25. The predicted octanol–water partition coefficient (Wildman–Crippen LogP) is 2.72. The fourth-order valence-corrected chi connectivity index (χ4v) is 1.94. The number of aromatic nitrogens is 2. The molecule has 0 fully saturated rings. The highest BCUT2D eigenvalue weighted by molar-refractivity contribution is 7.99. The van der Waals surface area contributed by atoms with Crippen LogP contribution in [0.25, 0.3) is 0 Å². The standard InChI is InChI=1S/C11H6F2N2OS/c12-8-3-7(6-16)4-9(13)11(8)17-10-5-14-1-2-15-10/h1-6H. The summed E-state index contributed by atoms with van der Waals surface area (Å²) in [4.78, 5) is 17.9. The van der Waals surface area contributed by atoms with Crippen molar-refractivity contribution in [2.75, 3.05) is 0 Å². The van der Waals surface area contributed by atoms with Crippen molar-refractivity contribution in [2.45, 2.75) is 9.92 Å². The monoisotopic (exact) mass is 252 g/mol. The minimum Gasteiger partial charge on any atom is -0.298 e. The van der Waals surface area contributed by atoms with E-state index in [4.69, 9.17) is 0 Å². The smallest absolute Gasteiger partial charge is 0.150 e. The van der Waals surface area contributed by atoms with Crippen molar-refractivity contribution < 1.29 is 13.6 Å². The number of hydrogen-bond acceptors (Lipinski definition) is 4. The van der Waals surface area contributed by atoms with E-state index in [-0.39, 0.29) is 10.5 Å². The minimum atomic E-state index is -0.789. The van der Waals surface area contributed by atoms with Crippen LogP contribution in [-0.2, 0) is 0 Å². The van der Waals surface area contributed by atoms with E-state index < -0.39 is 11.6 Å². The molecular weight excluding hydrogens is 246 g/mol. The topological polar surface area (TPSA) is 42.9 Å². The second-order valence-electron chi connectivity index (χ2n) is 3.08. The average Bonchev–Trinajstić information content (AvgIpc) is 2.35. The lowest BCUT2D eigenvalue weighted by atomic mass is 10.2. The van der Waals surface area contributed by atoms with E-state index in [2.05, 4.69) is 9.97 Å². The molecule has 0 aliphatic rings. The molecule has 3 nitrogen and oxygen atoms in total. The van der Waals surface area contributed by atoms with Gasteiger partial charge in [0, 0.05) is 18.0 Å². The molecule has 0 radical (unpaired) electrons. The Hall–Kier alpha value is -1.82. The number of benzene rings is 1. The van der Waals surface area contributed by atoms with Crippen molar-refractivity contribution in [3.8, 4) is 0 Å². The number of aldehydes is 1. The normalized spacial score (nSPS) is 10.2. The Morgan fingerprint density at radius 3 is 2.41 bits per heavy atom. The minimum absolute atomic E-state index is 0.0384. The second kappa shape index (κ2) is 5.01. The highest BCUT2D eigenvalue weighted by Gasteiger charge is 2.13. The Balaban J connectivity index is 2.37. The summed E-state index contributed by atoms with van der Waals surface area (Å²) >= 11 is 0.820. The SMILES string of the molecule is O=Cc1cc(F)c(Sc2cnccn2)c(F)c1. The van der Waals surface area contributed by atoms with E-state index in [0.717, 1.165) is 23.9 Å². The molecule has 0 atom stereocenters. The first-order chi connectivity index (χ1) is 8.20. The molecule has 0 aliphatic carbocycles. The maximum absolute atomic E-state index is 13.5. The van der Waals surface area contributed by atoms with Crippen molar-refractivity contribution in [3.05, 3.63) is 47.9 Å². The molecular formula is C11H6F2N2OS. The van der Waals surface area contributed by atoms with Crippen LogP contribution in [0.1, 0.15) is 10.4 Å². The highest BCUT2D eigenvalue weighted by Crippen LogP contribution is 2.30. The van der Waals surface area contributed by atoms with Gasteiger partial charge in [-0.2, -0.15) is 0 Å². The van der Waals surface area contributed by atoms with Gasteiger partial charge in [-0.15, -0.1) is 0 Å². The van der Waals surface area contributed by atoms with Gasteiger partial charge in [-0.1, -0.05) is 11.8 Å². The molecule has 0 unspecified atom stereocenters. The Morgan fingerprint density at radius 1 is 1.18 bits per heavy atom. The number of hydrogen-bond donors (Lipinski definition) is 0. The van der Waals surface area contributed by atoms with Gasteiger partial charge in [0.05, 0.1) is 11.1 Å². The van der Waals surface area contributed by atoms with Gasteiger partial charge in [0.25, 0.3) is 0 Å². The lowest BCUT2D eigenvalue weighted by Crippen LogP contribution is -1.92. The van der Waals surface area contributed by atoms with Gasteiger partial charge in [-0.05, 0) is 12.1 Å². The maximum Gasteiger partial charge on any atom is 0.150 e. The largest absolute Gasteiger partial charge is 0.298 e. The fraction of sp³-hybridized carbons (Fsp3) is 0. The lowest BCUT2D eigenvalue weighted by Gasteiger charge is -2.04. The first kappa shape index (κ1) is 11.7. The molecule has 1 heterocycles. The molecule has 2 rings (SSSR count). The van der Waals surface area contributed by atoms with E-state index in [9.17, 15) is 13.6 Å². The number of halogens is 2. The third kappa shape index (κ3) is 2.65. The number of carbonyl (C=O) groups is 1. The third-order valence-electron chi connectivity index (χ3n) is 1.90. The van der Waals surface area contributed by atoms with Crippen molar-refractivity contribution in [1.82, 2.24) is 9.97 Å². The zero-order chi connectivity index (χ0) is 12.3. The maximum atomic E-state index is 13.5. The summed E-state index contributed by atoms with van der Waals surface area (Å²) in [6.07, 6.45) is 4.68. The van der Waals surface area contributed by atoms with Crippen LogP contribution >= 0.6 is 11.8 Å². The molecule has 0 saturated carbocycles. The van der Waals surface area contributed by atoms with Crippen LogP contribution in [0, 0.1) is 11.6 Å². The summed E-state index contributed by atoms with van der Waals surface area (Å²) in [6.45, 7) is 0.